The van der Waals surface area contributed by atoms with Crippen LogP contribution in [0.25, 0.3) is 33.4 Å². The molecule has 5 nitrogen and oxygen atoms in total. The third-order valence-electron chi connectivity index (χ3n) is 6.08. The molecule has 1 fully saturated rings. The van der Waals surface area contributed by atoms with Gasteiger partial charge in [-0.15, -0.1) is 0 Å². The van der Waals surface area contributed by atoms with Crippen LogP contribution in [0.3, 0.4) is 0 Å². The molecule has 0 unspecified atom stereocenters. The van der Waals surface area contributed by atoms with E-state index in [0.717, 1.165) is 42.6 Å². The summed E-state index contributed by atoms with van der Waals surface area (Å²) in [6.45, 7) is 1.80. The first-order chi connectivity index (χ1) is 15.1. The van der Waals surface area contributed by atoms with Crippen LogP contribution in [0.4, 0.5) is 5.69 Å². The van der Waals surface area contributed by atoms with E-state index in [2.05, 4.69) is 5.32 Å². The topological polar surface area (TPSA) is 88.5 Å². The SMILES string of the molecule is Nc1ccccc1-c1cc(=O)c2c(O)cc(-c3ccccc3)c(C3CCNCC3)c2o1. The Morgan fingerprint density at radius 1 is 0.935 bits per heavy atom. The average Bonchev–Trinajstić information content (AvgIpc) is 2.80. The highest BCUT2D eigenvalue weighted by Crippen LogP contribution is 2.43. The number of nitrogens with one attached hydrogen (secondary N) is 1. The van der Waals surface area contributed by atoms with Gasteiger partial charge in [0.05, 0.1) is 0 Å². The molecule has 5 heteroatoms. The Morgan fingerprint density at radius 3 is 2.39 bits per heavy atom. The summed E-state index contributed by atoms with van der Waals surface area (Å²) in [5.74, 6) is 0.564. The number of anilines is 1. The zero-order chi connectivity index (χ0) is 21.4. The normalized spacial score (nSPS) is 14.7. The second kappa shape index (κ2) is 7.93. The van der Waals surface area contributed by atoms with E-state index < -0.39 is 0 Å². The minimum atomic E-state index is -0.271. The summed E-state index contributed by atoms with van der Waals surface area (Å²) in [5.41, 5.74) is 10.4. The van der Waals surface area contributed by atoms with Crippen molar-refractivity contribution in [2.24, 2.45) is 0 Å². The van der Waals surface area contributed by atoms with Crippen molar-refractivity contribution in [1.29, 1.82) is 0 Å². The van der Waals surface area contributed by atoms with Gasteiger partial charge in [-0.3, -0.25) is 4.79 Å². The van der Waals surface area contributed by atoms with Crippen LogP contribution in [0.1, 0.15) is 24.3 Å². The molecule has 2 heterocycles. The number of phenolic OH excluding ortho intramolecular Hbond substituents is 1. The molecular weight excluding hydrogens is 388 g/mol. The van der Waals surface area contributed by atoms with E-state index >= 15 is 0 Å². The van der Waals surface area contributed by atoms with Crippen LogP contribution >= 0.6 is 0 Å². The maximum absolute atomic E-state index is 13.1. The van der Waals surface area contributed by atoms with Crippen molar-refractivity contribution >= 4 is 16.7 Å². The second-order valence-electron chi connectivity index (χ2n) is 8.01. The number of piperidine rings is 1. The fraction of sp³-hybridized carbons (Fsp3) is 0.192. The number of phenols is 1. The Balaban J connectivity index is 1.86. The van der Waals surface area contributed by atoms with Gasteiger partial charge in [-0.25, -0.2) is 0 Å². The van der Waals surface area contributed by atoms with E-state index in [1.54, 1.807) is 12.1 Å². The van der Waals surface area contributed by atoms with Gasteiger partial charge in [0, 0.05) is 22.9 Å². The summed E-state index contributed by atoms with van der Waals surface area (Å²) >= 11 is 0. The minimum absolute atomic E-state index is 0.0622. The molecule has 0 aliphatic carbocycles. The summed E-state index contributed by atoms with van der Waals surface area (Å²) in [7, 11) is 0. The van der Waals surface area contributed by atoms with Crippen molar-refractivity contribution in [3.05, 3.63) is 82.5 Å². The lowest BCUT2D eigenvalue weighted by Gasteiger charge is -2.26. The Kier molecular flexibility index (Phi) is 4.96. The molecule has 0 saturated carbocycles. The van der Waals surface area contributed by atoms with Gasteiger partial charge in [0.25, 0.3) is 0 Å². The summed E-state index contributed by atoms with van der Waals surface area (Å²) < 4.78 is 6.38. The van der Waals surface area contributed by atoms with E-state index in [4.69, 9.17) is 10.2 Å². The van der Waals surface area contributed by atoms with Gasteiger partial charge in [-0.1, -0.05) is 42.5 Å². The molecule has 1 aromatic heterocycles. The Labute approximate surface area is 180 Å². The highest BCUT2D eigenvalue weighted by Gasteiger charge is 2.26. The first kappa shape index (κ1) is 19.4. The van der Waals surface area contributed by atoms with Crippen LogP contribution in [0.15, 0.2) is 75.9 Å². The Morgan fingerprint density at radius 2 is 1.65 bits per heavy atom. The maximum atomic E-state index is 13.1. The van der Waals surface area contributed by atoms with Gasteiger partial charge in [0.15, 0.2) is 5.43 Å². The molecule has 4 N–H and O–H groups in total. The lowest BCUT2D eigenvalue weighted by Crippen LogP contribution is -2.27. The number of rotatable bonds is 3. The molecule has 156 valence electrons. The van der Waals surface area contributed by atoms with Crippen LogP contribution in [0.2, 0.25) is 0 Å². The monoisotopic (exact) mass is 412 g/mol. The van der Waals surface area contributed by atoms with E-state index in [9.17, 15) is 9.90 Å². The number of para-hydroxylation sites is 1. The first-order valence-electron chi connectivity index (χ1n) is 10.6. The highest BCUT2D eigenvalue weighted by molar-refractivity contribution is 5.94. The third kappa shape index (κ3) is 3.47. The van der Waals surface area contributed by atoms with Gasteiger partial charge >= 0.3 is 0 Å². The van der Waals surface area contributed by atoms with E-state index in [1.165, 1.54) is 6.07 Å². The standard InChI is InChI=1S/C26H24N2O3/c27-20-9-5-4-8-18(20)23-15-22(30)25-21(29)14-19(16-6-2-1-3-7-16)24(26(25)31-23)17-10-12-28-13-11-17/h1-9,14-15,17,28-29H,10-13,27H2. The van der Waals surface area contributed by atoms with Crippen molar-refractivity contribution in [3.8, 4) is 28.2 Å². The summed E-state index contributed by atoms with van der Waals surface area (Å²) in [5, 5.41) is 14.5. The zero-order valence-electron chi connectivity index (χ0n) is 17.1. The molecule has 1 aliphatic heterocycles. The largest absolute Gasteiger partial charge is 0.507 e. The molecule has 1 aliphatic rings. The van der Waals surface area contributed by atoms with Gasteiger partial charge in [0.1, 0.15) is 22.5 Å². The van der Waals surface area contributed by atoms with Crippen molar-refractivity contribution in [3.63, 3.8) is 0 Å². The van der Waals surface area contributed by atoms with Crippen LogP contribution in [-0.2, 0) is 0 Å². The lowest BCUT2D eigenvalue weighted by atomic mass is 9.83. The van der Waals surface area contributed by atoms with Crippen molar-refractivity contribution < 1.29 is 9.52 Å². The van der Waals surface area contributed by atoms with Crippen LogP contribution in [-0.4, -0.2) is 18.2 Å². The number of benzene rings is 3. The average molecular weight is 412 g/mol. The molecule has 0 bridgehead atoms. The number of nitrogens with two attached hydrogens (primary N) is 1. The van der Waals surface area contributed by atoms with Crippen molar-refractivity contribution in [2.75, 3.05) is 18.8 Å². The van der Waals surface area contributed by atoms with Gasteiger partial charge < -0.3 is 20.6 Å². The van der Waals surface area contributed by atoms with Crippen molar-refractivity contribution in [2.45, 2.75) is 18.8 Å². The smallest absolute Gasteiger partial charge is 0.197 e. The Hall–Kier alpha value is -3.57. The van der Waals surface area contributed by atoms with E-state index in [-0.39, 0.29) is 22.5 Å². The lowest BCUT2D eigenvalue weighted by molar-refractivity contribution is 0.455. The summed E-state index contributed by atoms with van der Waals surface area (Å²) in [6, 6.07) is 20.4. The predicted octanol–water partition coefficient (Wildman–Crippen LogP) is 4.88. The van der Waals surface area contributed by atoms with Gasteiger partial charge in [0.2, 0.25) is 0 Å². The summed E-state index contributed by atoms with van der Waals surface area (Å²) in [4.78, 5) is 13.1. The Bertz CT molecular complexity index is 1310. The number of fused-ring (bicyclic) bond motifs is 1. The molecular formula is C26H24N2O3. The molecule has 5 rings (SSSR count). The number of aromatic hydroxyl groups is 1. The maximum Gasteiger partial charge on any atom is 0.197 e. The summed E-state index contributed by atoms with van der Waals surface area (Å²) in [6.07, 6.45) is 1.86. The number of hydrogen-bond donors (Lipinski definition) is 3. The molecule has 31 heavy (non-hydrogen) atoms. The molecule has 1 saturated heterocycles. The molecule has 4 aromatic rings. The number of hydrogen-bond acceptors (Lipinski definition) is 5. The molecule has 3 aromatic carbocycles. The number of nitrogen functional groups attached to an aromatic ring is 1. The zero-order valence-corrected chi connectivity index (χ0v) is 17.1. The second-order valence-corrected chi connectivity index (χ2v) is 8.01. The van der Waals surface area contributed by atoms with Gasteiger partial charge in [-0.05, 0) is 61.2 Å². The molecule has 0 spiro atoms. The molecule has 0 radical (unpaired) electrons. The third-order valence-corrected chi connectivity index (χ3v) is 6.08. The van der Waals surface area contributed by atoms with E-state index in [0.29, 0.717) is 22.6 Å². The first-order valence-corrected chi connectivity index (χ1v) is 10.6. The van der Waals surface area contributed by atoms with Crippen LogP contribution in [0.5, 0.6) is 5.75 Å². The quantitative estimate of drug-likeness (QED) is 0.417. The fourth-order valence-corrected chi connectivity index (χ4v) is 4.56. The van der Waals surface area contributed by atoms with Crippen molar-refractivity contribution in [1.82, 2.24) is 5.32 Å². The van der Waals surface area contributed by atoms with E-state index in [1.807, 2.05) is 48.5 Å². The molecule has 0 atom stereocenters. The van der Waals surface area contributed by atoms with Gasteiger partial charge in [-0.2, -0.15) is 0 Å². The van der Waals surface area contributed by atoms with Crippen LogP contribution in [0, 0.1) is 0 Å². The fourth-order valence-electron chi connectivity index (χ4n) is 4.56. The molecule has 0 amide bonds. The predicted molar refractivity (Wildman–Crippen MR) is 124 cm³/mol. The minimum Gasteiger partial charge on any atom is -0.507 e. The highest BCUT2D eigenvalue weighted by atomic mass is 16.3. The van der Waals surface area contributed by atoms with Crippen LogP contribution < -0.4 is 16.5 Å².